The number of methoxy groups -OCH3 is 1. The van der Waals surface area contributed by atoms with Crippen molar-refractivity contribution in [3.63, 3.8) is 0 Å². The molecule has 0 atom stereocenters. The number of ether oxygens (including phenoxy) is 1. The van der Waals surface area contributed by atoms with E-state index in [1.54, 1.807) is 6.07 Å². The monoisotopic (exact) mass is 363 g/mol. The summed E-state index contributed by atoms with van der Waals surface area (Å²) in [5.74, 6) is -0.489. The van der Waals surface area contributed by atoms with Crippen LogP contribution in [0.3, 0.4) is 0 Å². The summed E-state index contributed by atoms with van der Waals surface area (Å²) in [6.07, 6.45) is 0. The van der Waals surface area contributed by atoms with Crippen molar-refractivity contribution in [2.24, 2.45) is 0 Å². The van der Waals surface area contributed by atoms with E-state index in [-0.39, 0.29) is 22.9 Å². The van der Waals surface area contributed by atoms with Gasteiger partial charge in [-0.3, -0.25) is 0 Å². The van der Waals surface area contributed by atoms with Crippen LogP contribution in [-0.2, 0) is 9.53 Å². The van der Waals surface area contributed by atoms with Crippen LogP contribution >= 0.6 is 23.1 Å². The van der Waals surface area contributed by atoms with Gasteiger partial charge in [-0.25, -0.2) is 9.78 Å². The van der Waals surface area contributed by atoms with Gasteiger partial charge in [0.2, 0.25) is 5.13 Å². The summed E-state index contributed by atoms with van der Waals surface area (Å²) in [6.45, 7) is 0. The molecule has 4 N–H and O–H groups in total. The van der Waals surface area contributed by atoms with Crippen LogP contribution in [0.2, 0.25) is 0 Å². The number of nitrogens with one attached hydrogen (secondary N) is 1. The summed E-state index contributed by atoms with van der Waals surface area (Å²) >= 11 is 2.42. The number of hydrogen-bond donors (Lipinski definition) is 3. The minimum atomic E-state index is -0.677. The molecule has 0 aliphatic rings. The Kier molecular flexibility index (Phi) is 4.67. The maximum absolute atomic E-state index is 12.1. The van der Waals surface area contributed by atoms with Crippen LogP contribution < -0.4 is 5.73 Å². The third-order valence-electron chi connectivity index (χ3n) is 3.06. The number of anilines is 1. The largest absolute Gasteiger partial charge is 0.510 e. The Morgan fingerprint density at radius 2 is 2.21 bits per heavy atom. The van der Waals surface area contributed by atoms with Crippen molar-refractivity contribution in [3.05, 3.63) is 35.8 Å². The van der Waals surface area contributed by atoms with Gasteiger partial charge in [0, 0.05) is 0 Å². The molecule has 8 nitrogen and oxygen atoms in total. The molecule has 124 valence electrons. The molecular weight excluding hydrogens is 350 g/mol. The first-order chi connectivity index (χ1) is 11.6. The second-order valence-corrected chi connectivity index (χ2v) is 6.84. The maximum atomic E-state index is 12.1. The first kappa shape index (κ1) is 16.3. The Bertz CT molecular complexity index is 885. The van der Waals surface area contributed by atoms with Gasteiger partial charge in [0.15, 0.2) is 4.34 Å². The number of carbonyl (C=O) groups is 1. The highest BCUT2D eigenvalue weighted by molar-refractivity contribution is 8.01. The maximum Gasteiger partial charge on any atom is 0.345 e. The van der Waals surface area contributed by atoms with Gasteiger partial charge in [-0.15, -0.1) is 10.2 Å². The Morgan fingerprint density at radius 1 is 1.42 bits per heavy atom. The van der Waals surface area contributed by atoms with Crippen molar-refractivity contribution >= 4 is 50.8 Å². The number of benzene rings is 1. The van der Waals surface area contributed by atoms with Crippen molar-refractivity contribution in [1.29, 1.82) is 0 Å². The number of carbonyl (C=O) groups excluding carboxylic acids is 1. The number of aromatic nitrogens is 4. The summed E-state index contributed by atoms with van der Waals surface area (Å²) in [6, 6.07) is 7.32. The van der Waals surface area contributed by atoms with Crippen LogP contribution in [0.1, 0.15) is 5.82 Å². The van der Waals surface area contributed by atoms with E-state index in [4.69, 9.17) is 10.5 Å². The second-order valence-electron chi connectivity index (χ2n) is 4.61. The highest BCUT2D eigenvalue weighted by atomic mass is 32.2. The molecule has 24 heavy (non-hydrogen) atoms. The lowest BCUT2D eigenvalue weighted by Gasteiger charge is -2.06. The first-order valence-electron chi connectivity index (χ1n) is 6.76. The number of thioether (sulfide) groups is 1. The van der Waals surface area contributed by atoms with Crippen LogP contribution in [0.15, 0.2) is 34.4 Å². The molecule has 0 saturated heterocycles. The van der Waals surface area contributed by atoms with E-state index in [1.165, 1.54) is 30.2 Å². The fourth-order valence-electron chi connectivity index (χ4n) is 2.01. The minimum absolute atomic E-state index is 0.0151. The number of rotatable bonds is 5. The zero-order valence-corrected chi connectivity index (χ0v) is 14.1. The van der Waals surface area contributed by atoms with Crippen LogP contribution in [0.25, 0.3) is 16.6 Å². The molecule has 0 fully saturated rings. The molecule has 0 spiro atoms. The highest BCUT2D eigenvalue weighted by Crippen LogP contribution is 2.28. The fourth-order valence-corrected chi connectivity index (χ4v) is 3.52. The van der Waals surface area contributed by atoms with Crippen molar-refractivity contribution < 1.29 is 14.6 Å². The van der Waals surface area contributed by atoms with Crippen LogP contribution in [0, 0.1) is 0 Å². The normalized spacial score (nSPS) is 12.2. The summed E-state index contributed by atoms with van der Waals surface area (Å²) in [5, 5.41) is 18.3. The molecule has 0 radical (unpaired) electrons. The number of nitrogens with two attached hydrogens (primary N) is 1. The predicted octanol–water partition coefficient (Wildman–Crippen LogP) is 2.23. The molecule has 2 aromatic heterocycles. The van der Waals surface area contributed by atoms with Crippen molar-refractivity contribution in [2.45, 2.75) is 4.34 Å². The van der Waals surface area contributed by atoms with Crippen molar-refractivity contribution in [3.8, 4) is 0 Å². The molecule has 0 unspecified atom stereocenters. The molecule has 2 heterocycles. The van der Waals surface area contributed by atoms with Gasteiger partial charge in [0.1, 0.15) is 17.2 Å². The molecule has 0 amide bonds. The lowest BCUT2D eigenvalue weighted by molar-refractivity contribution is -0.133. The van der Waals surface area contributed by atoms with E-state index >= 15 is 0 Å². The van der Waals surface area contributed by atoms with Crippen molar-refractivity contribution in [2.75, 3.05) is 18.6 Å². The lowest BCUT2D eigenvalue weighted by Crippen LogP contribution is -2.09. The third kappa shape index (κ3) is 3.34. The van der Waals surface area contributed by atoms with E-state index in [2.05, 4.69) is 20.2 Å². The van der Waals surface area contributed by atoms with Gasteiger partial charge >= 0.3 is 5.97 Å². The molecule has 3 rings (SSSR count). The summed E-state index contributed by atoms with van der Waals surface area (Å²) < 4.78 is 5.36. The summed E-state index contributed by atoms with van der Waals surface area (Å²) in [4.78, 5) is 19.4. The average molecular weight is 363 g/mol. The number of aliphatic hydroxyl groups is 1. The zero-order chi connectivity index (χ0) is 17.1. The number of nitrogens with zero attached hydrogens (tertiary/aromatic N) is 3. The number of aromatic amines is 1. The van der Waals surface area contributed by atoms with E-state index in [9.17, 15) is 9.90 Å². The molecule has 10 heteroatoms. The van der Waals surface area contributed by atoms with Gasteiger partial charge in [-0.2, -0.15) is 0 Å². The molecule has 0 saturated carbocycles. The molecule has 0 aliphatic carbocycles. The molecule has 1 aromatic carbocycles. The van der Waals surface area contributed by atoms with E-state index in [0.29, 0.717) is 15.0 Å². The number of esters is 1. The number of fused-ring (bicyclic) bond motifs is 1. The topological polar surface area (TPSA) is 127 Å². The molecule has 0 bridgehead atoms. The van der Waals surface area contributed by atoms with E-state index in [0.717, 1.165) is 5.52 Å². The van der Waals surface area contributed by atoms with Crippen LogP contribution in [-0.4, -0.2) is 44.1 Å². The number of H-pyrrole nitrogens is 1. The standard InChI is InChI=1S/C14H13N5O3S2/c1-22-12(21)10(9(20)6-23-14-19-18-13(15)24-14)11-16-7-4-2-3-5-8(7)17-11/h2-5,20H,6H2,1H3,(H2,15,18)(H,16,17)/b10-9+. The quantitative estimate of drug-likeness (QED) is 0.272. The number of hydrogen-bond acceptors (Lipinski definition) is 9. The van der Waals surface area contributed by atoms with Gasteiger partial charge in [0.25, 0.3) is 0 Å². The van der Waals surface area contributed by atoms with Gasteiger partial charge < -0.3 is 20.6 Å². The summed E-state index contributed by atoms with van der Waals surface area (Å²) in [7, 11) is 1.25. The predicted molar refractivity (Wildman–Crippen MR) is 92.7 cm³/mol. The van der Waals surface area contributed by atoms with Crippen LogP contribution in [0.4, 0.5) is 5.13 Å². The van der Waals surface area contributed by atoms with Gasteiger partial charge in [-0.1, -0.05) is 35.2 Å². The average Bonchev–Trinajstić information content (AvgIpc) is 3.18. The van der Waals surface area contributed by atoms with Crippen LogP contribution in [0.5, 0.6) is 0 Å². The first-order valence-corrected chi connectivity index (χ1v) is 8.56. The van der Waals surface area contributed by atoms with E-state index < -0.39 is 5.97 Å². The fraction of sp³-hybridized carbons (Fsp3) is 0.143. The smallest absolute Gasteiger partial charge is 0.345 e. The molecule has 0 aliphatic heterocycles. The number of para-hydroxylation sites is 2. The number of aliphatic hydroxyl groups excluding tert-OH is 1. The molecular formula is C14H13N5O3S2. The van der Waals surface area contributed by atoms with Crippen molar-refractivity contribution in [1.82, 2.24) is 20.2 Å². The third-order valence-corrected chi connectivity index (χ3v) is 4.96. The zero-order valence-electron chi connectivity index (χ0n) is 12.5. The van der Waals surface area contributed by atoms with E-state index in [1.807, 2.05) is 18.2 Å². The minimum Gasteiger partial charge on any atom is -0.510 e. The lowest BCUT2D eigenvalue weighted by atomic mass is 10.2. The second kappa shape index (κ2) is 6.89. The number of nitrogen functional groups attached to an aromatic ring is 1. The van der Waals surface area contributed by atoms with Gasteiger partial charge in [-0.05, 0) is 12.1 Å². The highest BCUT2D eigenvalue weighted by Gasteiger charge is 2.22. The Morgan fingerprint density at radius 3 is 2.88 bits per heavy atom. The molecule has 3 aromatic rings. The Hall–Kier alpha value is -2.59. The number of imidazole rings is 1. The van der Waals surface area contributed by atoms with Gasteiger partial charge in [0.05, 0.1) is 23.9 Å². The summed E-state index contributed by atoms with van der Waals surface area (Å²) in [5.41, 5.74) is 6.94. The SMILES string of the molecule is COC(=O)/C(=C(/O)CSc1nnc(N)s1)c1nc2ccccc2[nH]1. The Balaban J connectivity index is 1.93. The Labute approximate surface area is 144 Å².